The maximum Gasteiger partial charge on any atom is 0.410 e. The largest absolute Gasteiger partial charge is 0.445 e. The fraction of sp³-hybridized carbons (Fsp3) is 0.533. The van der Waals surface area contributed by atoms with Gasteiger partial charge >= 0.3 is 6.09 Å². The average molecular weight is 262 g/mol. The number of nitrogens with zero attached hydrogens (tertiary/aromatic N) is 1. The van der Waals surface area contributed by atoms with Crippen molar-refractivity contribution in [2.45, 2.75) is 31.9 Å². The van der Waals surface area contributed by atoms with E-state index in [1.54, 1.807) is 4.90 Å². The number of hydrogen-bond acceptors (Lipinski definition) is 3. The summed E-state index contributed by atoms with van der Waals surface area (Å²) in [5.41, 5.74) is 1.17. The lowest BCUT2D eigenvalue weighted by atomic mass is 9.90. The van der Waals surface area contributed by atoms with Gasteiger partial charge in [-0.15, -0.1) is 0 Å². The lowest BCUT2D eigenvalue weighted by Gasteiger charge is -2.38. The topological polar surface area (TPSA) is 41.6 Å². The lowest BCUT2D eigenvalue weighted by molar-refractivity contribution is 0.0764. The van der Waals surface area contributed by atoms with Gasteiger partial charge in [-0.3, -0.25) is 0 Å². The molecule has 1 aliphatic rings. The summed E-state index contributed by atoms with van der Waals surface area (Å²) >= 11 is 0. The van der Waals surface area contributed by atoms with Crippen LogP contribution >= 0.6 is 0 Å². The van der Waals surface area contributed by atoms with Crippen molar-refractivity contribution in [1.29, 1.82) is 0 Å². The Labute approximate surface area is 114 Å². The summed E-state index contributed by atoms with van der Waals surface area (Å²) < 4.78 is 5.34. The molecule has 4 nitrogen and oxygen atoms in total. The van der Waals surface area contributed by atoms with Gasteiger partial charge in [0.2, 0.25) is 0 Å². The molecule has 1 fully saturated rings. The predicted octanol–water partition coefficient (Wildman–Crippen LogP) is 2.40. The summed E-state index contributed by atoms with van der Waals surface area (Å²) in [6.07, 6.45) is 1.72. The van der Waals surface area contributed by atoms with Gasteiger partial charge in [0.05, 0.1) is 0 Å². The van der Waals surface area contributed by atoms with Crippen molar-refractivity contribution in [3.05, 3.63) is 35.9 Å². The number of carbonyl (C=O) groups is 1. The average Bonchev–Trinajstić information content (AvgIpc) is 2.47. The molecule has 19 heavy (non-hydrogen) atoms. The molecule has 0 aliphatic carbocycles. The van der Waals surface area contributed by atoms with Gasteiger partial charge in [0.1, 0.15) is 6.61 Å². The molecule has 4 heteroatoms. The normalized spacial score (nSPS) is 18.1. The van der Waals surface area contributed by atoms with Crippen LogP contribution in [0.2, 0.25) is 0 Å². The highest BCUT2D eigenvalue weighted by atomic mass is 16.6. The first-order valence-electron chi connectivity index (χ1n) is 6.77. The second-order valence-corrected chi connectivity index (χ2v) is 5.34. The van der Waals surface area contributed by atoms with Gasteiger partial charge in [-0.1, -0.05) is 30.3 Å². The second-order valence-electron chi connectivity index (χ2n) is 5.34. The SMILES string of the molecule is CNC1(C)CCN(C(=O)OCc2ccccc2)CC1. The van der Waals surface area contributed by atoms with Crippen molar-refractivity contribution in [2.75, 3.05) is 20.1 Å². The Hall–Kier alpha value is -1.55. The Kier molecular flexibility index (Phi) is 4.43. The van der Waals surface area contributed by atoms with Crippen LogP contribution in [0.3, 0.4) is 0 Å². The number of piperidine rings is 1. The van der Waals surface area contributed by atoms with Gasteiger partial charge < -0.3 is 15.0 Å². The number of amides is 1. The fourth-order valence-electron chi connectivity index (χ4n) is 2.24. The molecule has 0 spiro atoms. The number of ether oxygens (including phenoxy) is 1. The van der Waals surface area contributed by atoms with Crippen LogP contribution in [0.1, 0.15) is 25.3 Å². The van der Waals surface area contributed by atoms with Crippen LogP contribution in [0.4, 0.5) is 4.79 Å². The number of nitrogens with one attached hydrogen (secondary N) is 1. The van der Waals surface area contributed by atoms with E-state index >= 15 is 0 Å². The third kappa shape index (κ3) is 3.70. The van der Waals surface area contributed by atoms with E-state index < -0.39 is 0 Å². The monoisotopic (exact) mass is 262 g/mol. The Morgan fingerprint density at radius 1 is 1.32 bits per heavy atom. The molecule has 0 atom stereocenters. The first-order chi connectivity index (χ1) is 9.13. The highest BCUT2D eigenvalue weighted by Gasteiger charge is 2.30. The van der Waals surface area contributed by atoms with Crippen LogP contribution in [-0.2, 0) is 11.3 Å². The van der Waals surface area contributed by atoms with Crippen LogP contribution < -0.4 is 5.32 Å². The van der Waals surface area contributed by atoms with Crippen molar-refractivity contribution >= 4 is 6.09 Å². The van der Waals surface area contributed by atoms with Crippen LogP contribution in [0.5, 0.6) is 0 Å². The van der Waals surface area contributed by atoms with Crippen LogP contribution in [0, 0.1) is 0 Å². The molecule has 1 aromatic rings. The van der Waals surface area contributed by atoms with Crippen molar-refractivity contribution < 1.29 is 9.53 Å². The van der Waals surface area contributed by atoms with Crippen LogP contribution in [0.15, 0.2) is 30.3 Å². The van der Waals surface area contributed by atoms with E-state index in [4.69, 9.17) is 4.74 Å². The smallest absolute Gasteiger partial charge is 0.410 e. The molecule has 1 heterocycles. The molecule has 1 aromatic carbocycles. The first-order valence-corrected chi connectivity index (χ1v) is 6.77. The quantitative estimate of drug-likeness (QED) is 0.909. The van der Waals surface area contributed by atoms with Crippen molar-refractivity contribution in [2.24, 2.45) is 0 Å². The second kappa shape index (κ2) is 6.06. The summed E-state index contributed by atoms with van der Waals surface area (Å²) in [4.78, 5) is 13.7. The lowest BCUT2D eigenvalue weighted by Crippen LogP contribution is -2.51. The summed E-state index contributed by atoms with van der Waals surface area (Å²) in [5, 5.41) is 3.32. The summed E-state index contributed by atoms with van der Waals surface area (Å²) in [5.74, 6) is 0. The molecule has 0 bridgehead atoms. The molecule has 0 unspecified atom stereocenters. The minimum Gasteiger partial charge on any atom is -0.445 e. The zero-order valence-corrected chi connectivity index (χ0v) is 11.7. The van der Waals surface area contributed by atoms with Gasteiger partial charge in [0.15, 0.2) is 0 Å². The summed E-state index contributed by atoms with van der Waals surface area (Å²) in [7, 11) is 1.98. The molecule has 1 aliphatic heterocycles. The number of likely N-dealkylation sites (tertiary alicyclic amines) is 1. The van der Waals surface area contributed by atoms with Crippen molar-refractivity contribution in [3.8, 4) is 0 Å². The van der Waals surface area contributed by atoms with Gasteiger partial charge in [0, 0.05) is 18.6 Å². The Bertz CT molecular complexity index is 411. The number of rotatable bonds is 3. The molecule has 104 valence electrons. The maximum atomic E-state index is 12.0. The molecular weight excluding hydrogens is 240 g/mol. The van der Waals surface area contributed by atoms with Gasteiger partial charge in [-0.2, -0.15) is 0 Å². The minimum absolute atomic E-state index is 0.149. The van der Waals surface area contributed by atoms with E-state index in [0.29, 0.717) is 6.61 Å². The minimum atomic E-state index is -0.206. The molecule has 0 saturated carbocycles. The highest BCUT2D eigenvalue weighted by molar-refractivity contribution is 5.67. The first kappa shape index (κ1) is 13.9. The molecule has 1 saturated heterocycles. The molecule has 0 aromatic heterocycles. The Morgan fingerprint density at radius 3 is 2.53 bits per heavy atom. The zero-order valence-electron chi connectivity index (χ0n) is 11.7. The van der Waals surface area contributed by atoms with Crippen LogP contribution in [-0.4, -0.2) is 36.7 Å². The highest BCUT2D eigenvalue weighted by Crippen LogP contribution is 2.21. The molecule has 1 N–H and O–H groups in total. The van der Waals surface area contributed by atoms with Gasteiger partial charge in [-0.25, -0.2) is 4.79 Å². The predicted molar refractivity (Wildman–Crippen MR) is 74.9 cm³/mol. The fourth-order valence-corrected chi connectivity index (χ4v) is 2.24. The molecule has 0 radical (unpaired) electrons. The van der Waals surface area contributed by atoms with E-state index in [9.17, 15) is 4.79 Å². The third-order valence-electron chi connectivity index (χ3n) is 3.93. The number of hydrogen-bond donors (Lipinski definition) is 1. The Morgan fingerprint density at radius 2 is 1.95 bits per heavy atom. The molecule has 1 amide bonds. The van der Waals surface area contributed by atoms with Gasteiger partial charge in [0.25, 0.3) is 0 Å². The summed E-state index contributed by atoms with van der Waals surface area (Å²) in [6.45, 7) is 4.05. The van der Waals surface area contributed by atoms with E-state index in [1.165, 1.54) is 0 Å². The Balaban J connectivity index is 1.79. The zero-order chi connectivity index (χ0) is 13.7. The van der Waals surface area contributed by atoms with Crippen molar-refractivity contribution in [1.82, 2.24) is 10.2 Å². The van der Waals surface area contributed by atoms with E-state index in [1.807, 2.05) is 37.4 Å². The van der Waals surface area contributed by atoms with E-state index in [2.05, 4.69) is 12.2 Å². The third-order valence-corrected chi connectivity index (χ3v) is 3.93. The molecule has 2 rings (SSSR count). The van der Waals surface area contributed by atoms with E-state index in [0.717, 1.165) is 31.5 Å². The standard InChI is InChI=1S/C15H22N2O2/c1-15(16-2)8-10-17(11-9-15)14(18)19-12-13-6-4-3-5-7-13/h3-7,16H,8-12H2,1-2H3. The maximum absolute atomic E-state index is 12.0. The van der Waals surface area contributed by atoms with Crippen LogP contribution in [0.25, 0.3) is 0 Å². The van der Waals surface area contributed by atoms with Gasteiger partial charge in [-0.05, 0) is 32.4 Å². The summed E-state index contributed by atoms with van der Waals surface area (Å²) in [6, 6.07) is 9.77. The molecular formula is C15H22N2O2. The number of carbonyl (C=O) groups excluding carboxylic acids is 1. The van der Waals surface area contributed by atoms with E-state index in [-0.39, 0.29) is 11.6 Å². The van der Waals surface area contributed by atoms with Crippen molar-refractivity contribution in [3.63, 3.8) is 0 Å². The number of benzene rings is 1.